The number of tetrazole rings is 1. The van der Waals surface area contributed by atoms with Gasteiger partial charge in [0.1, 0.15) is 0 Å². The number of aryl methyl sites for hydroxylation is 1. The number of nitrogens with zero attached hydrogens (tertiary/aromatic N) is 6. The van der Waals surface area contributed by atoms with Gasteiger partial charge >= 0.3 is 5.69 Å². The average molecular weight is 528 g/mol. The van der Waals surface area contributed by atoms with E-state index in [1.54, 1.807) is 4.57 Å². The van der Waals surface area contributed by atoms with Gasteiger partial charge in [0.05, 0.1) is 18.3 Å². The van der Waals surface area contributed by atoms with Crippen LogP contribution in [0.5, 0.6) is 0 Å². The number of benzene rings is 1. The van der Waals surface area contributed by atoms with E-state index >= 15 is 0 Å². The highest BCUT2D eigenvalue weighted by Gasteiger charge is 2.35. The van der Waals surface area contributed by atoms with Gasteiger partial charge in [-0.1, -0.05) is 63.9 Å². The summed E-state index contributed by atoms with van der Waals surface area (Å²) in [6.45, 7) is 6.90. The molecule has 0 radical (unpaired) electrons. The molecule has 1 saturated carbocycles. The Hall–Kier alpha value is -3.88. The highest BCUT2D eigenvalue weighted by Crippen LogP contribution is 2.35. The second-order valence-electron chi connectivity index (χ2n) is 10.9. The molecule has 9 heteroatoms. The van der Waals surface area contributed by atoms with Crippen molar-refractivity contribution in [3.8, 4) is 22.6 Å². The lowest BCUT2D eigenvalue weighted by Gasteiger charge is -2.27. The molecule has 4 aromatic rings. The molecule has 1 aliphatic carbocycles. The lowest BCUT2D eigenvalue weighted by Crippen LogP contribution is -2.36. The first kappa shape index (κ1) is 26.7. The van der Waals surface area contributed by atoms with Crippen molar-refractivity contribution in [2.75, 3.05) is 0 Å². The summed E-state index contributed by atoms with van der Waals surface area (Å²) < 4.78 is 3.60. The van der Waals surface area contributed by atoms with Gasteiger partial charge in [0.15, 0.2) is 5.78 Å². The van der Waals surface area contributed by atoms with Crippen LogP contribution in [0.2, 0.25) is 0 Å². The van der Waals surface area contributed by atoms with Crippen LogP contribution < -0.4 is 5.69 Å². The van der Waals surface area contributed by atoms with E-state index in [1.165, 1.54) is 0 Å². The molecular weight excluding hydrogens is 490 g/mol. The molecule has 0 amide bonds. The molecule has 5 rings (SSSR count). The van der Waals surface area contributed by atoms with Crippen molar-refractivity contribution in [1.29, 1.82) is 0 Å². The molecule has 3 heterocycles. The number of unbranched alkanes of at least 4 members (excludes halogenated alkanes) is 1. The van der Waals surface area contributed by atoms with E-state index in [2.05, 4.69) is 41.4 Å². The van der Waals surface area contributed by atoms with Gasteiger partial charge in [0.2, 0.25) is 5.82 Å². The van der Waals surface area contributed by atoms with Gasteiger partial charge in [-0.15, -0.1) is 10.2 Å². The maximum Gasteiger partial charge on any atom is 0.329 e. The number of carbonyl (C=O) groups excluding carboxylic acids is 1. The van der Waals surface area contributed by atoms with Crippen molar-refractivity contribution in [2.24, 2.45) is 11.8 Å². The number of ketones is 1. The third-order valence-corrected chi connectivity index (χ3v) is 7.93. The third-order valence-electron chi connectivity index (χ3n) is 7.93. The Bertz CT molecular complexity index is 1450. The number of carbonyl (C=O) groups is 1. The van der Waals surface area contributed by atoms with E-state index in [-0.39, 0.29) is 23.4 Å². The van der Waals surface area contributed by atoms with E-state index in [4.69, 9.17) is 4.98 Å². The van der Waals surface area contributed by atoms with Crippen LogP contribution in [0.1, 0.15) is 76.6 Å². The number of hydrogen-bond donors (Lipinski definition) is 1. The minimum Gasteiger partial charge on any atom is -0.297 e. The van der Waals surface area contributed by atoms with Crippen molar-refractivity contribution in [3.63, 3.8) is 0 Å². The maximum absolute atomic E-state index is 13.9. The second-order valence-corrected chi connectivity index (χ2v) is 10.9. The molecule has 0 aliphatic heterocycles. The second kappa shape index (κ2) is 11.9. The van der Waals surface area contributed by atoms with Crippen molar-refractivity contribution >= 4 is 5.78 Å². The number of aromatic amines is 1. The monoisotopic (exact) mass is 527 g/mol. The smallest absolute Gasteiger partial charge is 0.297 e. The van der Waals surface area contributed by atoms with Gasteiger partial charge in [0, 0.05) is 35.6 Å². The molecule has 1 N–H and O–H groups in total. The zero-order chi connectivity index (χ0) is 27.4. The molecule has 2 atom stereocenters. The van der Waals surface area contributed by atoms with Crippen LogP contribution >= 0.6 is 0 Å². The van der Waals surface area contributed by atoms with Crippen LogP contribution in [-0.4, -0.2) is 40.5 Å². The Morgan fingerprint density at radius 3 is 2.59 bits per heavy atom. The van der Waals surface area contributed by atoms with Crippen molar-refractivity contribution in [3.05, 3.63) is 70.5 Å². The lowest BCUT2D eigenvalue weighted by molar-refractivity contribution is -0.123. The fraction of sp³-hybridized carbons (Fsp3) is 0.467. The minimum atomic E-state index is -0.385. The van der Waals surface area contributed by atoms with Crippen LogP contribution in [0.3, 0.4) is 0 Å². The number of imidazole rings is 1. The van der Waals surface area contributed by atoms with Gasteiger partial charge < -0.3 is 0 Å². The molecule has 0 spiro atoms. The Morgan fingerprint density at radius 1 is 1.08 bits per heavy atom. The number of rotatable bonds is 9. The van der Waals surface area contributed by atoms with Crippen molar-refractivity contribution in [1.82, 2.24) is 34.7 Å². The number of H-pyrrole nitrogens is 1. The van der Waals surface area contributed by atoms with E-state index in [9.17, 15) is 9.59 Å². The van der Waals surface area contributed by atoms with E-state index < -0.39 is 0 Å². The molecule has 204 valence electrons. The van der Waals surface area contributed by atoms with Gasteiger partial charge in [-0.3, -0.25) is 18.9 Å². The first-order chi connectivity index (χ1) is 19.0. The quantitative estimate of drug-likeness (QED) is 0.298. The summed E-state index contributed by atoms with van der Waals surface area (Å²) in [5, 5.41) is 14.4. The summed E-state index contributed by atoms with van der Waals surface area (Å²) in [4.78, 5) is 31.9. The first-order valence-corrected chi connectivity index (χ1v) is 14.1. The fourth-order valence-electron chi connectivity index (χ4n) is 5.79. The normalized spacial score (nSPS) is 18.0. The Morgan fingerprint density at radius 2 is 1.90 bits per heavy atom. The summed E-state index contributed by atoms with van der Waals surface area (Å²) in [5.74, 6) is 1.21. The van der Waals surface area contributed by atoms with Gasteiger partial charge in [-0.2, -0.15) is 5.21 Å². The van der Waals surface area contributed by atoms with Crippen LogP contribution in [0.25, 0.3) is 22.6 Å². The summed E-state index contributed by atoms with van der Waals surface area (Å²) >= 11 is 0. The molecule has 0 bridgehead atoms. The average Bonchev–Trinajstić information content (AvgIpc) is 3.53. The molecule has 3 aromatic heterocycles. The highest BCUT2D eigenvalue weighted by molar-refractivity contribution is 5.83. The lowest BCUT2D eigenvalue weighted by atomic mass is 9.84. The Kier molecular flexibility index (Phi) is 8.14. The Balaban J connectivity index is 1.47. The zero-order valence-corrected chi connectivity index (χ0v) is 23.0. The fourth-order valence-corrected chi connectivity index (χ4v) is 5.79. The van der Waals surface area contributed by atoms with Gasteiger partial charge in [0.25, 0.3) is 0 Å². The van der Waals surface area contributed by atoms with Gasteiger partial charge in [-0.25, -0.2) is 4.79 Å². The molecule has 1 fully saturated rings. The van der Waals surface area contributed by atoms with Crippen LogP contribution in [0.4, 0.5) is 0 Å². The van der Waals surface area contributed by atoms with Crippen LogP contribution in [0, 0.1) is 11.8 Å². The van der Waals surface area contributed by atoms with Crippen LogP contribution in [0.15, 0.2) is 53.6 Å². The molecule has 0 saturated heterocycles. The number of hydrogen-bond acceptors (Lipinski definition) is 6. The predicted molar refractivity (Wildman–Crippen MR) is 150 cm³/mol. The molecule has 39 heavy (non-hydrogen) atoms. The summed E-state index contributed by atoms with van der Waals surface area (Å²) in [5.41, 5.74) is 4.35. The maximum atomic E-state index is 13.9. The standard InChI is InChI=1S/C30H37N7O2/c1-4-5-10-22-19-37(28-23(20(2)3)11-8-9-14-27(28)38)30(39)36(22)18-21-15-16-26(31-17-21)24-12-6-7-13-25(24)29-32-34-35-33-29/h6-7,12-13,15-17,19-20,23,28H,4-5,8-11,14,18H2,1-3H3,(H,32,33,34,35). The van der Waals surface area contributed by atoms with Crippen molar-refractivity contribution in [2.45, 2.75) is 78.3 Å². The first-order valence-electron chi connectivity index (χ1n) is 14.1. The Labute approximate surface area is 228 Å². The SMILES string of the molecule is CCCCc1cn(C2C(=O)CCCCC2C(C)C)c(=O)n1Cc1ccc(-c2ccccc2-c2nn[nH]n2)nc1. The van der Waals surface area contributed by atoms with E-state index in [0.29, 0.717) is 24.7 Å². The summed E-state index contributed by atoms with van der Waals surface area (Å²) in [7, 11) is 0. The molecule has 9 nitrogen and oxygen atoms in total. The van der Waals surface area contributed by atoms with Crippen LogP contribution in [-0.2, 0) is 17.8 Å². The number of Topliss-reactive ketones (excluding diaryl/α,β-unsaturated/α-hetero) is 1. The highest BCUT2D eigenvalue weighted by atomic mass is 16.2. The van der Waals surface area contributed by atoms with Crippen molar-refractivity contribution < 1.29 is 4.79 Å². The number of pyridine rings is 1. The zero-order valence-electron chi connectivity index (χ0n) is 23.0. The third kappa shape index (κ3) is 5.62. The number of nitrogens with one attached hydrogen (secondary N) is 1. The molecule has 1 aliphatic rings. The molecular formula is C30H37N7O2. The summed E-state index contributed by atoms with van der Waals surface area (Å²) in [6, 6.07) is 11.4. The van der Waals surface area contributed by atoms with E-state index in [1.807, 2.05) is 53.4 Å². The largest absolute Gasteiger partial charge is 0.329 e. The minimum absolute atomic E-state index is 0.0986. The van der Waals surface area contributed by atoms with Gasteiger partial charge in [-0.05, 0) is 54.4 Å². The molecule has 1 aromatic carbocycles. The summed E-state index contributed by atoms with van der Waals surface area (Å²) in [6.07, 6.45) is 10.1. The number of aromatic nitrogens is 7. The predicted octanol–water partition coefficient (Wildman–Crippen LogP) is 5.24. The molecule has 2 unspecified atom stereocenters. The topological polar surface area (TPSA) is 111 Å². The van der Waals surface area contributed by atoms with E-state index in [0.717, 1.165) is 66.6 Å².